The molecule has 0 aliphatic heterocycles. The minimum atomic E-state index is -0.442. The van der Waals surface area contributed by atoms with Crippen molar-refractivity contribution in [3.63, 3.8) is 0 Å². The first-order valence-electron chi connectivity index (χ1n) is 6.60. The first-order valence-corrected chi connectivity index (χ1v) is 6.60. The largest absolute Gasteiger partial charge is 0.456 e. The molecule has 0 radical (unpaired) electrons. The van der Waals surface area contributed by atoms with Gasteiger partial charge in [-0.25, -0.2) is 9.78 Å². The lowest BCUT2D eigenvalue weighted by molar-refractivity contribution is 0.0469. The number of carbonyl (C=O) groups excluding carboxylic acids is 1. The van der Waals surface area contributed by atoms with Crippen molar-refractivity contribution in [1.29, 1.82) is 0 Å². The maximum absolute atomic E-state index is 12.0. The Kier molecular flexibility index (Phi) is 3.51. The van der Waals surface area contributed by atoms with Gasteiger partial charge in [-0.1, -0.05) is 36.4 Å². The van der Waals surface area contributed by atoms with Crippen LogP contribution in [0.1, 0.15) is 16.1 Å². The molecule has 0 aliphatic carbocycles. The van der Waals surface area contributed by atoms with Crippen molar-refractivity contribution in [3.8, 4) is 0 Å². The molecular formula is C17H14N2O2. The highest BCUT2D eigenvalue weighted by Gasteiger charge is 2.10. The molecule has 1 heterocycles. The third-order valence-electron chi connectivity index (χ3n) is 3.19. The SMILES string of the molecule is Nc1ccccc1C(=O)OCc1ccc2ccccc2n1. The van der Waals surface area contributed by atoms with Crippen molar-refractivity contribution >= 4 is 22.6 Å². The van der Waals surface area contributed by atoms with Gasteiger partial charge in [0, 0.05) is 11.1 Å². The summed E-state index contributed by atoms with van der Waals surface area (Å²) in [5, 5.41) is 1.06. The fourth-order valence-corrected chi connectivity index (χ4v) is 2.09. The van der Waals surface area contributed by atoms with Gasteiger partial charge in [0.25, 0.3) is 0 Å². The van der Waals surface area contributed by atoms with Crippen LogP contribution in [0.4, 0.5) is 5.69 Å². The standard InChI is InChI=1S/C17H14N2O2/c18-15-7-3-2-6-14(15)17(20)21-11-13-10-9-12-5-1-4-8-16(12)19-13/h1-10H,11,18H2. The van der Waals surface area contributed by atoms with Gasteiger partial charge in [0.05, 0.1) is 16.8 Å². The number of nitrogens with two attached hydrogens (primary N) is 1. The predicted molar refractivity (Wildman–Crippen MR) is 81.7 cm³/mol. The molecule has 0 saturated heterocycles. The maximum atomic E-state index is 12.0. The van der Waals surface area contributed by atoms with Gasteiger partial charge in [0.2, 0.25) is 0 Å². The summed E-state index contributed by atoms with van der Waals surface area (Å²) in [6, 6.07) is 18.5. The molecule has 3 aromatic rings. The van der Waals surface area contributed by atoms with E-state index in [4.69, 9.17) is 10.5 Å². The Labute approximate surface area is 122 Å². The summed E-state index contributed by atoms with van der Waals surface area (Å²) in [6.07, 6.45) is 0. The Balaban J connectivity index is 1.74. The van der Waals surface area contributed by atoms with Crippen LogP contribution >= 0.6 is 0 Å². The van der Waals surface area contributed by atoms with Gasteiger partial charge in [-0.05, 0) is 24.3 Å². The summed E-state index contributed by atoms with van der Waals surface area (Å²) < 4.78 is 5.26. The topological polar surface area (TPSA) is 65.2 Å². The van der Waals surface area contributed by atoms with Crippen LogP contribution in [0.2, 0.25) is 0 Å². The molecule has 21 heavy (non-hydrogen) atoms. The number of ether oxygens (including phenoxy) is 1. The molecule has 0 saturated carbocycles. The number of esters is 1. The van der Waals surface area contributed by atoms with Crippen LogP contribution in [0.25, 0.3) is 10.9 Å². The number of para-hydroxylation sites is 2. The molecule has 0 amide bonds. The van der Waals surface area contributed by atoms with Gasteiger partial charge >= 0.3 is 5.97 Å². The molecule has 2 N–H and O–H groups in total. The Morgan fingerprint density at radius 2 is 1.76 bits per heavy atom. The van der Waals surface area contributed by atoms with Crippen LogP contribution in [0.5, 0.6) is 0 Å². The lowest BCUT2D eigenvalue weighted by atomic mass is 10.2. The molecular weight excluding hydrogens is 264 g/mol. The quantitative estimate of drug-likeness (QED) is 0.590. The van der Waals surface area contributed by atoms with Crippen LogP contribution in [0, 0.1) is 0 Å². The second-order valence-electron chi connectivity index (χ2n) is 4.66. The van der Waals surface area contributed by atoms with Gasteiger partial charge in [0.15, 0.2) is 0 Å². The van der Waals surface area contributed by atoms with Crippen LogP contribution in [-0.4, -0.2) is 11.0 Å². The Morgan fingerprint density at radius 1 is 1.00 bits per heavy atom. The number of hydrogen-bond donors (Lipinski definition) is 1. The summed E-state index contributed by atoms with van der Waals surface area (Å²) >= 11 is 0. The summed E-state index contributed by atoms with van der Waals surface area (Å²) in [5.41, 5.74) is 8.12. The zero-order valence-corrected chi connectivity index (χ0v) is 11.3. The fourth-order valence-electron chi connectivity index (χ4n) is 2.09. The summed E-state index contributed by atoms with van der Waals surface area (Å²) in [4.78, 5) is 16.4. The minimum Gasteiger partial charge on any atom is -0.456 e. The van der Waals surface area contributed by atoms with E-state index in [2.05, 4.69) is 4.98 Å². The van der Waals surface area contributed by atoms with Crippen molar-refractivity contribution in [2.75, 3.05) is 5.73 Å². The van der Waals surface area contributed by atoms with Crippen molar-refractivity contribution < 1.29 is 9.53 Å². The number of rotatable bonds is 3. The average Bonchev–Trinajstić information content (AvgIpc) is 2.53. The average molecular weight is 278 g/mol. The molecule has 1 aromatic heterocycles. The predicted octanol–water partition coefficient (Wildman–Crippen LogP) is 3.17. The molecule has 104 valence electrons. The van der Waals surface area contributed by atoms with Gasteiger partial charge in [-0.2, -0.15) is 0 Å². The Hall–Kier alpha value is -2.88. The van der Waals surface area contributed by atoms with Gasteiger partial charge in [-0.3, -0.25) is 0 Å². The molecule has 3 rings (SSSR count). The number of carbonyl (C=O) groups is 1. The molecule has 0 fully saturated rings. The minimum absolute atomic E-state index is 0.123. The first kappa shape index (κ1) is 13.1. The normalized spacial score (nSPS) is 10.5. The van der Waals surface area contributed by atoms with E-state index in [9.17, 15) is 4.79 Å². The highest BCUT2D eigenvalue weighted by atomic mass is 16.5. The zero-order chi connectivity index (χ0) is 14.7. The molecule has 2 aromatic carbocycles. The van der Waals surface area contributed by atoms with Gasteiger partial charge in [-0.15, -0.1) is 0 Å². The molecule has 4 heteroatoms. The summed E-state index contributed by atoms with van der Waals surface area (Å²) in [6.45, 7) is 0.123. The number of anilines is 1. The number of benzene rings is 2. The van der Waals surface area contributed by atoms with Gasteiger partial charge < -0.3 is 10.5 Å². The number of pyridine rings is 1. The molecule has 0 aliphatic rings. The maximum Gasteiger partial charge on any atom is 0.340 e. The van der Waals surface area contributed by atoms with Crippen LogP contribution in [0.3, 0.4) is 0 Å². The van der Waals surface area contributed by atoms with E-state index in [0.717, 1.165) is 10.9 Å². The van der Waals surface area contributed by atoms with E-state index in [1.54, 1.807) is 24.3 Å². The van der Waals surface area contributed by atoms with E-state index >= 15 is 0 Å². The Morgan fingerprint density at radius 3 is 2.62 bits per heavy atom. The fraction of sp³-hybridized carbons (Fsp3) is 0.0588. The van der Waals surface area contributed by atoms with Crippen molar-refractivity contribution in [2.45, 2.75) is 6.61 Å². The van der Waals surface area contributed by atoms with Crippen LogP contribution < -0.4 is 5.73 Å². The van der Waals surface area contributed by atoms with Gasteiger partial charge in [0.1, 0.15) is 6.61 Å². The number of nitrogen functional groups attached to an aromatic ring is 1. The van der Waals surface area contributed by atoms with E-state index in [1.807, 2.05) is 36.4 Å². The first-order chi connectivity index (χ1) is 10.2. The highest BCUT2D eigenvalue weighted by molar-refractivity contribution is 5.94. The molecule has 0 unspecified atom stereocenters. The Bertz CT molecular complexity index is 799. The van der Waals surface area contributed by atoms with E-state index in [0.29, 0.717) is 16.9 Å². The second-order valence-corrected chi connectivity index (χ2v) is 4.66. The monoisotopic (exact) mass is 278 g/mol. The third kappa shape index (κ3) is 2.84. The summed E-state index contributed by atoms with van der Waals surface area (Å²) in [7, 11) is 0. The van der Waals surface area contributed by atoms with Crippen molar-refractivity contribution in [2.24, 2.45) is 0 Å². The van der Waals surface area contributed by atoms with E-state index in [1.165, 1.54) is 0 Å². The summed E-state index contributed by atoms with van der Waals surface area (Å²) in [5.74, 6) is -0.442. The van der Waals surface area contributed by atoms with Crippen LogP contribution in [-0.2, 0) is 11.3 Å². The lowest BCUT2D eigenvalue weighted by Gasteiger charge is -2.07. The van der Waals surface area contributed by atoms with Crippen molar-refractivity contribution in [1.82, 2.24) is 4.98 Å². The molecule has 4 nitrogen and oxygen atoms in total. The van der Waals surface area contributed by atoms with E-state index in [-0.39, 0.29) is 6.61 Å². The van der Waals surface area contributed by atoms with E-state index < -0.39 is 5.97 Å². The second kappa shape index (κ2) is 5.63. The lowest BCUT2D eigenvalue weighted by Crippen LogP contribution is -2.08. The number of nitrogens with zero attached hydrogens (tertiary/aromatic N) is 1. The number of fused-ring (bicyclic) bond motifs is 1. The zero-order valence-electron chi connectivity index (χ0n) is 11.3. The molecule has 0 spiro atoms. The third-order valence-corrected chi connectivity index (χ3v) is 3.19. The van der Waals surface area contributed by atoms with Crippen LogP contribution in [0.15, 0.2) is 60.7 Å². The highest BCUT2D eigenvalue weighted by Crippen LogP contribution is 2.15. The molecule has 0 bridgehead atoms. The smallest absolute Gasteiger partial charge is 0.340 e. The molecule has 0 atom stereocenters. The number of aromatic nitrogens is 1. The number of hydrogen-bond acceptors (Lipinski definition) is 4. The van der Waals surface area contributed by atoms with Crippen molar-refractivity contribution in [3.05, 3.63) is 71.9 Å².